The van der Waals surface area contributed by atoms with Crippen LogP contribution in [0.25, 0.3) is 0 Å². The highest BCUT2D eigenvalue weighted by Gasteiger charge is 2.16. The lowest BCUT2D eigenvalue weighted by Crippen LogP contribution is -2.30. The normalized spacial score (nSPS) is 12.2. The van der Waals surface area contributed by atoms with Gasteiger partial charge in [-0.25, -0.2) is 4.39 Å². The second kappa shape index (κ2) is 7.20. The van der Waals surface area contributed by atoms with Crippen LogP contribution in [0.3, 0.4) is 0 Å². The molecule has 1 unspecified atom stereocenters. The minimum atomic E-state index is -0.237. The van der Waals surface area contributed by atoms with Gasteiger partial charge in [0.05, 0.1) is 12.6 Å². The van der Waals surface area contributed by atoms with Gasteiger partial charge in [0.2, 0.25) is 0 Å². The number of methoxy groups -OCH3 is 1. The largest absolute Gasteiger partial charge is 0.380 e. The van der Waals surface area contributed by atoms with Crippen LogP contribution in [0.5, 0.6) is 0 Å². The van der Waals surface area contributed by atoms with Gasteiger partial charge in [-0.3, -0.25) is 0 Å². The van der Waals surface area contributed by atoms with Gasteiger partial charge in [-0.05, 0) is 35.4 Å². The van der Waals surface area contributed by atoms with Crippen molar-refractivity contribution in [3.63, 3.8) is 0 Å². The molecule has 0 radical (unpaired) electrons. The van der Waals surface area contributed by atoms with E-state index in [2.05, 4.69) is 17.0 Å². The van der Waals surface area contributed by atoms with E-state index in [4.69, 9.17) is 10.5 Å². The summed E-state index contributed by atoms with van der Waals surface area (Å²) in [5.74, 6) is -0.237. The zero-order valence-corrected chi connectivity index (χ0v) is 12.4. The lowest BCUT2D eigenvalue weighted by Gasteiger charge is -2.29. The van der Waals surface area contributed by atoms with Crippen LogP contribution in [0, 0.1) is 5.82 Å². The lowest BCUT2D eigenvalue weighted by atomic mass is 10.0. The number of anilines is 1. The highest BCUT2D eigenvalue weighted by molar-refractivity contribution is 5.48. The minimum absolute atomic E-state index is 0.0345. The molecule has 21 heavy (non-hydrogen) atoms. The van der Waals surface area contributed by atoms with E-state index >= 15 is 0 Å². The van der Waals surface area contributed by atoms with Gasteiger partial charge in [-0.15, -0.1) is 0 Å². The smallest absolute Gasteiger partial charge is 0.123 e. The Morgan fingerprint density at radius 2 is 1.90 bits per heavy atom. The number of nitrogens with zero attached hydrogens (tertiary/aromatic N) is 1. The van der Waals surface area contributed by atoms with Gasteiger partial charge >= 0.3 is 0 Å². The van der Waals surface area contributed by atoms with Crippen LogP contribution in [-0.4, -0.2) is 20.7 Å². The van der Waals surface area contributed by atoms with Crippen molar-refractivity contribution >= 4 is 5.69 Å². The van der Waals surface area contributed by atoms with E-state index in [9.17, 15) is 4.39 Å². The van der Waals surface area contributed by atoms with E-state index in [1.165, 1.54) is 12.1 Å². The van der Waals surface area contributed by atoms with E-state index < -0.39 is 0 Å². The van der Waals surface area contributed by atoms with Crippen molar-refractivity contribution in [1.82, 2.24) is 0 Å². The van der Waals surface area contributed by atoms with Crippen molar-refractivity contribution in [2.75, 3.05) is 25.6 Å². The van der Waals surface area contributed by atoms with Crippen LogP contribution in [0.1, 0.15) is 17.2 Å². The predicted octanol–water partition coefficient (Wildman–Crippen LogP) is 3.11. The van der Waals surface area contributed by atoms with Gasteiger partial charge in [-0.2, -0.15) is 0 Å². The summed E-state index contributed by atoms with van der Waals surface area (Å²) in [5.41, 5.74) is 9.12. The molecule has 0 aliphatic heterocycles. The first-order chi connectivity index (χ1) is 10.2. The molecule has 2 aromatic carbocycles. The van der Waals surface area contributed by atoms with E-state index in [1.807, 2.05) is 19.2 Å². The Morgan fingerprint density at radius 1 is 1.19 bits per heavy atom. The van der Waals surface area contributed by atoms with Gasteiger partial charge in [0.15, 0.2) is 0 Å². The maximum Gasteiger partial charge on any atom is 0.123 e. The Bertz CT molecular complexity index is 571. The highest BCUT2D eigenvalue weighted by atomic mass is 19.1. The van der Waals surface area contributed by atoms with Crippen LogP contribution in [0.2, 0.25) is 0 Å². The summed E-state index contributed by atoms with van der Waals surface area (Å²) >= 11 is 0. The minimum Gasteiger partial charge on any atom is -0.380 e. The summed E-state index contributed by atoms with van der Waals surface area (Å²) in [6.07, 6.45) is 0. The van der Waals surface area contributed by atoms with Gasteiger partial charge in [-0.1, -0.05) is 24.3 Å². The maximum atomic E-state index is 13.0. The van der Waals surface area contributed by atoms with Crippen molar-refractivity contribution in [2.45, 2.75) is 12.6 Å². The molecule has 3 nitrogen and oxygen atoms in total. The zero-order valence-electron chi connectivity index (χ0n) is 12.4. The maximum absolute atomic E-state index is 13.0. The molecule has 0 amide bonds. The number of likely N-dealkylation sites (N-methyl/N-ethyl adjacent to an activating group) is 1. The first kappa shape index (κ1) is 15.5. The molecule has 0 bridgehead atoms. The average Bonchev–Trinajstić information content (AvgIpc) is 2.49. The van der Waals surface area contributed by atoms with Crippen molar-refractivity contribution in [3.8, 4) is 0 Å². The Hall–Kier alpha value is -1.91. The molecule has 0 saturated heterocycles. The SMILES string of the molecule is COCc1cccc(C(CN)N(C)c2ccc(F)cc2)c1. The second-order valence-corrected chi connectivity index (χ2v) is 5.02. The van der Waals surface area contributed by atoms with E-state index in [0.29, 0.717) is 13.2 Å². The fourth-order valence-electron chi connectivity index (χ4n) is 2.43. The van der Waals surface area contributed by atoms with Crippen LogP contribution < -0.4 is 10.6 Å². The van der Waals surface area contributed by atoms with Gasteiger partial charge in [0, 0.05) is 26.4 Å². The third kappa shape index (κ3) is 3.80. The quantitative estimate of drug-likeness (QED) is 0.887. The number of hydrogen-bond donors (Lipinski definition) is 1. The number of nitrogens with two attached hydrogens (primary N) is 1. The average molecular weight is 288 g/mol. The van der Waals surface area contributed by atoms with Crippen LogP contribution in [0.4, 0.5) is 10.1 Å². The number of halogens is 1. The molecule has 4 heteroatoms. The zero-order chi connectivity index (χ0) is 15.2. The van der Waals surface area contributed by atoms with Gasteiger partial charge in [0.25, 0.3) is 0 Å². The molecule has 2 aromatic rings. The third-order valence-electron chi connectivity index (χ3n) is 3.57. The Morgan fingerprint density at radius 3 is 2.52 bits per heavy atom. The van der Waals surface area contributed by atoms with Gasteiger partial charge < -0.3 is 15.4 Å². The lowest BCUT2D eigenvalue weighted by molar-refractivity contribution is 0.185. The molecule has 0 aliphatic carbocycles. The van der Waals surface area contributed by atoms with E-state index in [1.54, 1.807) is 19.2 Å². The summed E-state index contributed by atoms with van der Waals surface area (Å²) in [6, 6.07) is 14.7. The topological polar surface area (TPSA) is 38.5 Å². The number of benzene rings is 2. The predicted molar refractivity (Wildman–Crippen MR) is 83.8 cm³/mol. The molecule has 1 atom stereocenters. The van der Waals surface area contributed by atoms with Gasteiger partial charge in [0.1, 0.15) is 5.82 Å². The molecule has 0 saturated carbocycles. The molecular formula is C17H21FN2O. The molecule has 0 fully saturated rings. The molecule has 0 aromatic heterocycles. The molecule has 0 aliphatic rings. The standard InChI is InChI=1S/C17H21FN2O/c1-20(16-8-6-15(18)7-9-16)17(11-19)14-5-3-4-13(10-14)12-21-2/h3-10,17H,11-12,19H2,1-2H3. The molecule has 0 spiro atoms. The van der Waals surface area contributed by atoms with Crippen molar-refractivity contribution < 1.29 is 9.13 Å². The van der Waals surface area contributed by atoms with Crippen molar-refractivity contribution in [1.29, 1.82) is 0 Å². The molecular weight excluding hydrogens is 267 g/mol. The Kier molecular flexibility index (Phi) is 5.31. The van der Waals surface area contributed by atoms with E-state index in [-0.39, 0.29) is 11.9 Å². The highest BCUT2D eigenvalue weighted by Crippen LogP contribution is 2.25. The summed E-state index contributed by atoms with van der Waals surface area (Å²) in [4.78, 5) is 2.06. The Balaban J connectivity index is 2.25. The summed E-state index contributed by atoms with van der Waals surface area (Å²) in [6.45, 7) is 1.05. The number of hydrogen-bond acceptors (Lipinski definition) is 3. The number of ether oxygens (including phenoxy) is 1. The first-order valence-electron chi connectivity index (χ1n) is 6.92. The molecule has 0 heterocycles. The Labute approximate surface area is 125 Å². The van der Waals surface area contributed by atoms with Crippen LogP contribution in [0.15, 0.2) is 48.5 Å². The molecule has 2 N–H and O–H groups in total. The van der Waals surface area contributed by atoms with Crippen LogP contribution in [-0.2, 0) is 11.3 Å². The fraction of sp³-hybridized carbons (Fsp3) is 0.294. The summed E-state index contributed by atoms with van der Waals surface area (Å²) < 4.78 is 18.2. The van der Waals surface area contributed by atoms with E-state index in [0.717, 1.165) is 16.8 Å². The summed E-state index contributed by atoms with van der Waals surface area (Å²) in [7, 11) is 3.64. The fourth-order valence-corrected chi connectivity index (χ4v) is 2.43. The first-order valence-corrected chi connectivity index (χ1v) is 6.92. The monoisotopic (exact) mass is 288 g/mol. The van der Waals surface area contributed by atoms with Crippen molar-refractivity contribution in [3.05, 3.63) is 65.5 Å². The van der Waals surface area contributed by atoms with Crippen LogP contribution >= 0.6 is 0 Å². The number of rotatable bonds is 6. The molecule has 112 valence electrons. The second-order valence-electron chi connectivity index (χ2n) is 5.02. The summed E-state index contributed by atoms with van der Waals surface area (Å²) in [5, 5.41) is 0. The third-order valence-corrected chi connectivity index (χ3v) is 3.57. The van der Waals surface area contributed by atoms with Crippen molar-refractivity contribution in [2.24, 2.45) is 5.73 Å². The molecule has 2 rings (SSSR count).